The van der Waals surface area contributed by atoms with Crippen LogP contribution in [-0.4, -0.2) is 20.0 Å². The van der Waals surface area contributed by atoms with Crippen molar-refractivity contribution in [1.29, 1.82) is 0 Å². The predicted octanol–water partition coefficient (Wildman–Crippen LogP) is 1.06. The van der Waals surface area contributed by atoms with Gasteiger partial charge in [0.25, 0.3) is 10.0 Å². The van der Waals surface area contributed by atoms with E-state index in [-0.39, 0.29) is 4.90 Å². The maximum Gasteiger partial charge on any atom is 0.329 e. The van der Waals surface area contributed by atoms with Crippen LogP contribution in [0.5, 0.6) is 0 Å². The minimum absolute atomic E-state index is 0.0495. The molecule has 100 valence electrons. The van der Waals surface area contributed by atoms with E-state index in [1.165, 1.54) is 18.2 Å². The summed E-state index contributed by atoms with van der Waals surface area (Å²) in [5, 5.41) is 2.50. The van der Waals surface area contributed by atoms with Crippen LogP contribution in [0.1, 0.15) is 20.8 Å². The molecule has 2 amide bonds. The Hall–Kier alpha value is -1.76. The Bertz CT molecular complexity index is 547. The Kier molecular flexibility index (Phi) is 3.85. The highest BCUT2D eigenvalue weighted by Crippen LogP contribution is 2.12. The average molecular weight is 271 g/mol. The smallest absolute Gasteiger partial charge is 0.329 e. The Balaban J connectivity index is 2.87. The fourth-order valence-corrected chi connectivity index (χ4v) is 2.19. The molecule has 1 rings (SSSR count). The normalized spacial score (nSPS) is 11.9. The second-order valence-electron chi connectivity index (χ2n) is 4.88. The lowest BCUT2D eigenvalue weighted by Gasteiger charge is -2.20. The molecule has 1 aromatic rings. The first kappa shape index (κ1) is 14.3. The number of carbonyl (C=O) groups is 1. The molecule has 0 aromatic heterocycles. The van der Waals surface area contributed by atoms with E-state index in [1.54, 1.807) is 26.8 Å². The van der Waals surface area contributed by atoms with Crippen LogP contribution in [-0.2, 0) is 10.0 Å². The van der Waals surface area contributed by atoms with E-state index >= 15 is 0 Å². The van der Waals surface area contributed by atoms with Crippen LogP contribution in [0, 0.1) is 0 Å². The molecule has 6 nitrogen and oxygen atoms in total. The van der Waals surface area contributed by atoms with Crippen LogP contribution in [0.25, 0.3) is 0 Å². The lowest BCUT2D eigenvalue weighted by Crippen LogP contribution is -2.48. The SMILES string of the molecule is CC(C)(C)NC(=O)NS(=O)(=O)c1cccc(N)c1. The summed E-state index contributed by atoms with van der Waals surface area (Å²) in [6, 6.07) is 4.94. The largest absolute Gasteiger partial charge is 0.399 e. The molecule has 0 saturated heterocycles. The van der Waals surface area contributed by atoms with Gasteiger partial charge < -0.3 is 11.1 Å². The number of rotatable bonds is 2. The van der Waals surface area contributed by atoms with Crippen LogP contribution in [0.4, 0.5) is 10.5 Å². The van der Waals surface area contributed by atoms with Gasteiger partial charge in [-0.2, -0.15) is 0 Å². The van der Waals surface area contributed by atoms with Crippen molar-refractivity contribution in [3.63, 3.8) is 0 Å². The van der Waals surface area contributed by atoms with Gasteiger partial charge >= 0.3 is 6.03 Å². The first-order chi connectivity index (χ1) is 8.10. The van der Waals surface area contributed by atoms with Crippen LogP contribution in [0.2, 0.25) is 0 Å². The van der Waals surface area contributed by atoms with Crippen molar-refractivity contribution >= 4 is 21.7 Å². The second-order valence-corrected chi connectivity index (χ2v) is 6.56. The topological polar surface area (TPSA) is 101 Å². The minimum atomic E-state index is -3.90. The van der Waals surface area contributed by atoms with E-state index in [9.17, 15) is 13.2 Å². The third-order valence-corrected chi connectivity index (χ3v) is 3.21. The minimum Gasteiger partial charge on any atom is -0.399 e. The number of carbonyl (C=O) groups excluding carboxylic acids is 1. The molecule has 0 unspecified atom stereocenters. The van der Waals surface area contributed by atoms with Crippen LogP contribution < -0.4 is 15.8 Å². The molecule has 0 fully saturated rings. The third kappa shape index (κ3) is 4.25. The van der Waals surface area contributed by atoms with Gasteiger partial charge in [-0.1, -0.05) is 6.07 Å². The summed E-state index contributed by atoms with van der Waals surface area (Å²) in [4.78, 5) is 11.5. The number of amides is 2. The summed E-state index contributed by atoms with van der Waals surface area (Å²) in [5.74, 6) is 0. The zero-order chi connectivity index (χ0) is 14.0. The molecule has 0 radical (unpaired) electrons. The van der Waals surface area contributed by atoms with Crippen LogP contribution in [0.3, 0.4) is 0 Å². The summed E-state index contributed by atoms with van der Waals surface area (Å²) < 4.78 is 25.6. The Morgan fingerprint density at radius 1 is 1.28 bits per heavy atom. The van der Waals surface area contributed by atoms with E-state index in [4.69, 9.17) is 5.73 Å². The van der Waals surface area contributed by atoms with Crippen molar-refractivity contribution in [3.05, 3.63) is 24.3 Å². The summed E-state index contributed by atoms with van der Waals surface area (Å²) in [7, 11) is -3.90. The zero-order valence-electron chi connectivity index (χ0n) is 10.5. The lowest BCUT2D eigenvalue weighted by atomic mass is 10.1. The fraction of sp³-hybridized carbons (Fsp3) is 0.364. The maximum atomic E-state index is 11.9. The van der Waals surface area contributed by atoms with Gasteiger partial charge in [0.1, 0.15) is 0 Å². The van der Waals surface area contributed by atoms with E-state index in [2.05, 4.69) is 5.32 Å². The van der Waals surface area contributed by atoms with E-state index in [1.807, 2.05) is 4.72 Å². The van der Waals surface area contributed by atoms with Crippen molar-refractivity contribution in [1.82, 2.24) is 10.0 Å². The van der Waals surface area contributed by atoms with E-state index < -0.39 is 21.6 Å². The van der Waals surface area contributed by atoms with Gasteiger partial charge in [-0.25, -0.2) is 17.9 Å². The van der Waals surface area contributed by atoms with Gasteiger partial charge in [0.15, 0.2) is 0 Å². The predicted molar refractivity (Wildman–Crippen MR) is 69.5 cm³/mol. The molecule has 0 heterocycles. The molecule has 0 spiro atoms. The molecule has 0 aliphatic carbocycles. The number of nitrogen functional groups attached to an aromatic ring is 1. The van der Waals surface area contributed by atoms with Crippen molar-refractivity contribution in [3.8, 4) is 0 Å². The summed E-state index contributed by atoms with van der Waals surface area (Å²) in [6.07, 6.45) is 0. The Morgan fingerprint density at radius 3 is 2.39 bits per heavy atom. The van der Waals surface area contributed by atoms with Crippen molar-refractivity contribution in [2.45, 2.75) is 31.2 Å². The number of benzene rings is 1. The number of nitrogens with two attached hydrogens (primary N) is 1. The quantitative estimate of drug-likeness (QED) is 0.700. The van der Waals surface area contributed by atoms with Gasteiger partial charge in [0.2, 0.25) is 0 Å². The molecule has 0 atom stereocenters. The van der Waals surface area contributed by atoms with Crippen LogP contribution >= 0.6 is 0 Å². The average Bonchev–Trinajstić information content (AvgIpc) is 2.13. The summed E-state index contributed by atoms with van der Waals surface area (Å²) in [5.41, 5.74) is 5.29. The number of hydrogen-bond donors (Lipinski definition) is 3. The van der Waals surface area contributed by atoms with Gasteiger partial charge in [-0.15, -0.1) is 0 Å². The summed E-state index contributed by atoms with van der Waals surface area (Å²) in [6.45, 7) is 5.25. The Morgan fingerprint density at radius 2 is 1.89 bits per heavy atom. The Labute approximate surface area is 107 Å². The first-order valence-corrected chi connectivity index (χ1v) is 6.79. The van der Waals surface area contributed by atoms with Gasteiger partial charge in [-0.3, -0.25) is 0 Å². The van der Waals surface area contributed by atoms with Crippen molar-refractivity contribution in [2.24, 2.45) is 0 Å². The fourth-order valence-electron chi connectivity index (χ4n) is 1.23. The third-order valence-electron chi connectivity index (χ3n) is 1.88. The standard InChI is InChI=1S/C11H17N3O3S/c1-11(2,3)13-10(15)14-18(16,17)9-6-4-5-8(12)7-9/h4-7H,12H2,1-3H3,(H2,13,14,15). The highest BCUT2D eigenvalue weighted by Gasteiger charge is 2.20. The molecular weight excluding hydrogens is 254 g/mol. The number of hydrogen-bond acceptors (Lipinski definition) is 4. The van der Waals surface area contributed by atoms with E-state index in [0.717, 1.165) is 0 Å². The van der Waals surface area contributed by atoms with Crippen molar-refractivity contribution < 1.29 is 13.2 Å². The molecule has 18 heavy (non-hydrogen) atoms. The second kappa shape index (κ2) is 4.85. The molecular formula is C11H17N3O3S. The zero-order valence-corrected chi connectivity index (χ0v) is 11.3. The highest BCUT2D eigenvalue weighted by molar-refractivity contribution is 7.90. The lowest BCUT2D eigenvalue weighted by molar-refractivity contribution is 0.237. The van der Waals surface area contributed by atoms with Gasteiger partial charge in [0.05, 0.1) is 4.90 Å². The van der Waals surface area contributed by atoms with Crippen LogP contribution in [0.15, 0.2) is 29.2 Å². The van der Waals surface area contributed by atoms with Gasteiger partial charge in [-0.05, 0) is 39.0 Å². The maximum absolute atomic E-state index is 11.9. The number of anilines is 1. The molecule has 1 aromatic carbocycles. The molecule has 0 bridgehead atoms. The monoisotopic (exact) mass is 271 g/mol. The molecule has 7 heteroatoms. The highest BCUT2D eigenvalue weighted by atomic mass is 32.2. The van der Waals surface area contributed by atoms with Gasteiger partial charge in [0, 0.05) is 11.2 Å². The first-order valence-electron chi connectivity index (χ1n) is 5.31. The molecule has 0 saturated carbocycles. The van der Waals surface area contributed by atoms with Crippen molar-refractivity contribution in [2.75, 3.05) is 5.73 Å². The molecule has 0 aliphatic rings. The summed E-state index contributed by atoms with van der Waals surface area (Å²) >= 11 is 0. The molecule has 4 N–H and O–H groups in total. The number of nitrogens with one attached hydrogen (secondary N) is 2. The molecule has 0 aliphatic heterocycles. The number of sulfonamides is 1. The van der Waals surface area contributed by atoms with E-state index in [0.29, 0.717) is 5.69 Å². The number of urea groups is 1.